The molecule has 1 N–H and O–H groups in total. The molecule has 3 amide bonds. The number of urea groups is 1. The van der Waals surface area contributed by atoms with Gasteiger partial charge in [0.2, 0.25) is 5.91 Å². The Labute approximate surface area is 228 Å². The molecule has 37 heavy (non-hydrogen) atoms. The van der Waals surface area contributed by atoms with Crippen molar-refractivity contribution in [2.24, 2.45) is 0 Å². The number of thiophene rings is 1. The monoisotopic (exact) mass is 539 g/mol. The lowest BCUT2D eigenvalue weighted by Crippen LogP contribution is -2.48. The van der Waals surface area contributed by atoms with Gasteiger partial charge < -0.3 is 19.9 Å². The minimum absolute atomic E-state index is 0.000699. The van der Waals surface area contributed by atoms with Crippen molar-refractivity contribution >= 4 is 40.6 Å². The van der Waals surface area contributed by atoms with Gasteiger partial charge in [0.25, 0.3) is 0 Å². The van der Waals surface area contributed by atoms with Gasteiger partial charge >= 0.3 is 6.03 Å². The molecule has 3 aromatic rings. The average Bonchev–Trinajstić information content (AvgIpc) is 3.36. The summed E-state index contributed by atoms with van der Waals surface area (Å²) in [5.41, 5.74) is 2.99. The molecule has 0 aliphatic carbocycles. The van der Waals surface area contributed by atoms with Crippen LogP contribution in [-0.2, 0) is 11.2 Å². The number of carbonyl (C=O) groups is 2. The summed E-state index contributed by atoms with van der Waals surface area (Å²) in [5, 5.41) is 5.48. The van der Waals surface area contributed by atoms with Crippen LogP contribution in [0.5, 0.6) is 5.75 Å². The van der Waals surface area contributed by atoms with Crippen molar-refractivity contribution in [2.45, 2.75) is 45.6 Å². The van der Waals surface area contributed by atoms with E-state index in [9.17, 15) is 9.59 Å². The van der Waals surface area contributed by atoms with E-state index in [1.165, 1.54) is 10.4 Å². The second kappa shape index (κ2) is 12.5. The molecule has 6 nitrogen and oxygen atoms in total. The predicted octanol–water partition coefficient (Wildman–Crippen LogP) is 6.97. The molecule has 1 aromatic heterocycles. The van der Waals surface area contributed by atoms with Crippen LogP contribution in [0.2, 0.25) is 5.02 Å². The number of benzene rings is 2. The molecule has 0 spiro atoms. The number of hydrogen-bond donors (Lipinski definition) is 1. The fourth-order valence-corrected chi connectivity index (χ4v) is 5.66. The van der Waals surface area contributed by atoms with Crippen molar-refractivity contribution < 1.29 is 14.3 Å². The molecule has 2 heterocycles. The largest absolute Gasteiger partial charge is 0.491 e. The zero-order valence-electron chi connectivity index (χ0n) is 21.6. The van der Waals surface area contributed by atoms with E-state index in [1.54, 1.807) is 40.5 Å². The molecule has 0 fully saturated rings. The van der Waals surface area contributed by atoms with Crippen molar-refractivity contribution in [1.29, 1.82) is 0 Å². The molecule has 2 aromatic carbocycles. The van der Waals surface area contributed by atoms with Gasteiger partial charge in [-0.15, -0.1) is 11.3 Å². The Kier molecular flexibility index (Phi) is 9.11. The number of carbonyl (C=O) groups excluding carboxylic acids is 2. The first-order valence-electron chi connectivity index (χ1n) is 12.8. The maximum absolute atomic E-state index is 13.6. The Morgan fingerprint density at radius 1 is 1.19 bits per heavy atom. The number of rotatable bonds is 9. The number of amides is 3. The van der Waals surface area contributed by atoms with Gasteiger partial charge in [-0.25, -0.2) is 4.79 Å². The van der Waals surface area contributed by atoms with E-state index in [2.05, 4.69) is 42.7 Å². The Morgan fingerprint density at radius 2 is 1.97 bits per heavy atom. The quantitative estimate of drug-likeness (QED) is 0.319. The molecular formula is C29H34ClN3O3S. The van der Waals surface area contributed by atoms with E-state index < -0.39 is 0 Å². The van der Waals surface area contributed by atoms with E-state index >= 15 is 0 Å². The van der Waals surface area contributed by atoms with Gasteiger partial charge in [-0.3, -0.25) is 4.79 Å². The SMILES string of the molecule is CCCN(CC(=O)N1CCc2sccc2[C@@H]1COc1ccc(C(C)C)cc1)C(=O)Nc1cccc(Cl)c1. The third-order valence-corrected chi connectivity index (χ3v) is 7.78. The molecule has 0 saturated heterocycles. The summed E-state index contributed by atoms with van der Waals surface area (Å²) in [6.45, 7) is 7.75. The molecule has 1 aliphatic rings. The maximum atomic E-state index is 13.6. The van der Waals surface area contributed by atoms with E-state index in [0.29, 0.717) is 36.3 Å². The van der Waals surface area contributed by atoms with Crippen molar-refractivity contribution in [1.82, 2.24) is 9.80 Å². The fourth-order valence-electron chi connectivity index (χ4n) is 4.54. The minimum atomic E-state index is -0.316. The van der Waals surface area contributed by atoms with Crippen molar-refractivity contribution in [3.63, 3.8) is 0 Å². The van der Waals surface area contributed by atoms with Crippen LogP contribution >= 0.6 is 22.9 Å². The summed E-state index contributed by atoms with van der Waals surface area (Å²) >= 11 is 7.78. The van der Waals surface area contributed by atoms with Crippen molar-refractivity contribution in [3.05, 3.63) is 81.0 Å². The highest BCUT2D eigenvalue weighted by Crippen LogP contribution is 2.34. The van der Waals surface area contributed by atoms with Crippen LogP contribution in [0.3, 0.4) is 0 Å². The van der Waals surface area contributed by atoms with Crippen molar-refractivity contribution in [2.75, 3.05) is 31.6 Å². The Hall–Kier alpha value is -3.03. The third-order valence-electron chi connectivity index (χ3n) is 6.55. The number of anilines is 1. The fraction of sp³-hybridized carbons (Fsp3) is 0.379. The van der Waals surface area contributed by atoms with Crippen LogP contribution in [0.4, 0.5) is 10.5 Å². The lowest BCUT2D eigenvalue weighted by atomic mass is 10.00. The lowest BCUT2D eigenvalue weighted by Gasteiger charge is -2.37. The van der Waals surface area contributed by atoms with Crippen LogP contribution in [-0.4, -0.2) is 48.0 Å². The Balaban J connectivity index is 1.46. The van der Waals surface area contributed by atoms with Crippen LogP contribution in [0, 0.1) is 0 Å². The van der Waals surface area contributed by atoms with Crippen LogP contribution in [0.25, 0.3) is 0 Å². The van der Waals surface area contributed by atoms with Crippen molar-refractivity contribution in [3.8, 4) is 5.75 Å². The highest BCUT2D eigenvalue weighted by atomic mass is 35.5. The number of halogens is 1. The molecule has 0 bridgehead atoms. The van der Waals surface area contributed by atoms with Gasteiger partial charge in [0.1, 0.15) is 18.9 Å². The van der Waals surface area contributed by atoms with Gasteiger partial charge in [0.05, 0.1) is 6.04 Å². The number of nitrogens with zero attached hydrogens (tertiary/aromatic N) is 2. The zero-order valence-corrected chi connectivity index (χ0v) is 23.1. The van der Waals surface area contributed by atoms with Gasteiger partial charge in [-0.2, -0.15) is 0 Å². The summed E-state index contributed by atoms with van der Waals surface area (Å²) in [4.78, 5) is 31.4. The van der Waals surface area contributed by atoms with E-state index in [0.717, 1.165) is 24.2 Å². The molecule has 1 aliphatic heterocycles. The summed E-state index contributed by atoms with van der Waals surface area (Å²) in [5.74, 6) is 1.15. The lowest BCUT2D eigenvalue weighted by molar-refractivity contribution is -0.135. The highest BCUT2D eigenvalue weighted by molar-refractivity contribution is 7.10. The normalized spacial score (nSPS) is 14.8. The first kappa shape index (κ1) is 27.0. The smallest absolute Gasteiger partial charge is 0.322 e. The summed E-state index contributed by atoms with van der Waals surface area (Å²) in [6, 6.07) is 16.7. The standard InChI is InChI=1S/C29H34ClN3O3S/c1-4-14-32(29(35)31-23-7-5-6-22(30)17-23)18-28(34)33-15-12-27-25(13-16-37-27)26(33)19-36-24-10-8-21(9-11-24)20(2)3/h5-11,13,16-17,20,26H,4,12,14-15,18-19H2,1-3H3,(H,31,35)/t26-/m0/s1. The Morgan fingerprint density at radius 3 is 2.68 bits per heavy atom. The molecule has 4 rings (SSSR count). The number of ether oxygens (including phenoxy) is 1. The number of nitrogens with one attached hydrogen (secondary N) is 1. The molecule has 0 radical (unpaired) electrons. The van der Waals surface area contributed by atoms with Gasteiger partial charge in [0.15, 0.2) is 0 Å². The molecular weight excluding hydrogens is 506 g/mol. The van der Waals surface area contributed by atoms with Crippen LogP contribution in [0.15, 0.2) is 60.0 Å². The summed E-state index contributed by atoms with van der Waals surface area (Å²) in [6.07, 6.45) is 1.55. The summed E-state index contributed by atoms with van der Waals surface area (Å²) < 4.78 is 6.18. The van der Waals surface area contributed by atoms with E-state index in [-0.39, 0.29) is 24.5 Å². The summed E-state index contributed by atoms with van der Waals surface area (Å²) in [7, 11) is 0. The molecule has 196 valence electrons. The first-order valence-corrected chi connectivity index (χ1v) is 14.0. The van der Waals surface area contributed by atoms with E-state index in [4.69, 9.17) is 16.3 Å². The maximum Gasteiger partial charge on any atom is 0.322 e. The predicted molar refractivity (Wildman–Crippen MR) is 151 cm³/mol. The van der Waals surface area contributed by atoms with Gasteiger partial charge in [-0.05, 0) is 71.7 Å². The van der Waals surface area contributed by atoms with Crippen LogP contribution in [0.1, 0.15) is 55.2 Å². The topological polar surface area (TPSA) is 61.9 Å². The van der Waals surface area contributed by atoms with Gasteiger partial charge in [-0.1, -0.05) is 50.6 Å². The second-order valence-corrected chi connectivity index (χ2v) is 11.0. The van der Waals surface area contributed by atoms with Gasteiger partial charge in [0, 0.05) is 28.7 Å². The third kappa shape index (κ3) is 6.84. The molecule has 1 atom stereocenters. The average molecular weight is 540 g/mol. The molecule has 8 heteroatoms. The first-order chi connectivity index (χ1) is 17.9. The molecule has 0 unspecified atom stereocenters. The number of hydrogen-bond acceptors (Lipinski definition) is 4. The molecule has 0 saturated carbocycles. The highest BCUT2D eigenvalue weighted by Gasteiger charge is 2.33. The minimum Gasteiger partial charge on any atom is -0.491 e. The zero-order chi connectivity index (χ0) is 26.4. The second-order valence-electron chi connectivity index (χ2n) is 9.55. The van der Waals surface area contributed by atoms with Crippen LogP contribution < -0.4 is 10.1 Å². The number of fused-ring (bicyclic) bond motifs is 1. The van der Waals surface area contributed by atoms with E-state index in [1.807, 2.05) is 24.0 Å². The Bertz CT molecular complexity index is 1210.